The minimum absolute atomic E-state index is 0.231. The van der Waals surface area contributed by atoms with E-state index in [0.29, 0.717) is 31.6 Å². The Bertz CT molecular complexity index is 734. The van der Waals surface area contributed by atoms with Gasteiger partial charge < -0.3 is 10.2 Å². The fourth-order valence-corrected chi connectivity index (χ4v) is 3.63. The topological polar surface area (TPSA) is 101 Å². The van der Waals surface area contributed by atoms with Crippen LogP contribution in [0, 0.1) is 0 Å². The molecule has 1 fully saturated rings. The van der Waals surface area contributed by atoms with E-state index in [0.717, 1.165) is 5.56 Å². The van der Waals surface area contributed by atoms with Crippen molar-refractivity contribution in [1.29, 1.82) is 0 Å². The molecule has 0 aromatic carbocycles. The number of nitrogens with one attached hydrogen (secondary N) is 1. The Hall–Kier alpha value is -2.00. The standard InChI is InChI=1S/C14H18N4O4S/c1-23(20,21)18-6-4-14(10-18)7-12(17-22-14)13(19)16-9-11-3-2-5-15-8-11/h2-3,5,8H,4,6-7,9-10H2,1H3,(H,16,19)/t14-/m1/s1. The number of carbonyl (C=O) groups is 1. The predicted octanol–water partition coefficient (Wildman–Crippen LogP) is -0.122. The van der Waals surface area contributed by atoms with E-state index in [9.17, 15) is 13.2 Å². The first-order chi connectivity index (χ1) is 10.9. The fourth-order valence-electron chi connectivity index (χ4n) is 2.74. The van der Waals surface area contributed by atoms with Gasteiger partial charge in [0.25, 0.3) is 5.91 Å². The normalized spacial score (nSPS) is 24.5. The maximum Gasteiger partial charge on any atom is 0.269 e. The van der Waals surface area contributed by atoms with Gasteiger partial charge >= 0.3 is 0 Å². The molecule has 3 heterocycles. The van der Waals surface area contributed by atoms with Gasteiger partial charge in [-0.2, -0.15) is 4.31 Å². The summed E-state index contributed by atoms with van der Waals surface area (Å²) in [6.07, 6.45) is 5.36. The minimum Gasteiger partial charge on any atom is -0.387 e. The molecule has 1 saturated heterocycles. The zero-order valence-corrected chi connectivity index (χ0v) is 13.5. The van der Waals surface area contributed by atoms with Gasteiger partial charge in [0, 0.05) is 38.3 Å². The average molecular weight is 338 g/mol. The lowest BCUT2D eigenvalue weighted by atomic mass is 9.96. The second-order valence-corrected chi connectivity index (χ2v) is 7.86. The number of oxime groups is 1. The molecule has 0 radical (unpaired) electrons. The number of hydrogen-bond donors (Lipinski definition) is 1. The maximum atomic E-state index is 12.2. The number of amides is 1. The second-order valence-electron chi connectivity index (χ2n) is 5.88. The lowest BCUT2D eigenvalue weighted by molar-refractivity contribution is -0.115. The number of sulfonamides is 1. The maximum absolute atomic E-state index is 12.2. The molecule has 1 N–H and O–H groups in total. The van der Waals surface area contributed by atoms with Crippen LogP contribution in [0.4, 0.5) is 0 Å². The van der Waals surface area contributed by atoms with Crippen LogP contribution in [0.3, 0.4) is 0 Å². The van der Waals surface area contributed by atoms with Crippen LogP contribution >= 0.6 is 0 Å². The van der Waals surface area contributed by atoms with Gasteiger partial charge in [0.2, 0.25) is 10.0 Å². The molecule has 9 heteroatoms. The molecule has 0 aliphatic carbocycles. The number of rotatable bonds is 4. The van der Waals surface area contributed by atoms with Crippen molar-refractivity contribution in [2.75, 3.05) is 19.3 Å². The van der Waals surface area contributed by atoms with Crippen LogP contribution in [0.15, 0.2) is 29.7 Å². The summed E-state index contributed by atoms with van der Waals surface area (Å²) < 4.78 is 24.6. The Morgan fingerprint density at radius 1 is 1.52 bits per heavy atom. The number of pyridine rings is 1. The van der Waals surface area contributed by atoms with Crippen molar-refractivity contribution in [2.24, 2.45) is 5.16 Å². The zero-order valence-electron chi connectivity index (χ0n) is 12.7. The highest BCUT2D eigenvalue weighted by Crippen LogP contribution is 2.34. The molecule has 0 bridgehead atoms. The van der Waals surface area contributed by atoms with Crippen molar-refractivity contribution in [1.82, 2.24) is 14.6 Å². The molecule has 23 heavy (non-hydrogen) atoms. The van der Waals surface area contributed by atoms with Gasteiger partial charge in [-0.25, -0.2) is 8.42 Å². The Morgan fingerprint density at radius 3 is 3.00 bits per heavy atom. The number of carbonyl (C=O) groups excluding carboxylic acids is 1. The van der Waals surface area contributed by atoms with E-state index in [2.05, 4.69) is 15.5 Å². The first-order valence-electron chi connectivity index (χ1n) is 7.25. The molecule has 2 aliphatic heterocycles. The van der Waals surface area contributed by atoms with Crippen LogP contribution in [0.5, 0.6) is 0 Å². The monoisotopic (exact) mass is 338 g/mol. The summed E-state index contributed by atoms with van der Waals surface area (Å²) in [6.45, 7) is 0.974. The summed E-state index contributed by atoms with van der Waals surface area (Å²) in [7, 11) is -3.26. The van der Waals surface area contributed by atoms with Crippen molar-refractivity contribution in [2.45, 2.75) is 25.0 Å². The van der Waals surface area contributed by atoms with Gasteiger partial charge in [-0.3, -0.25) is 9.78 Å². The molecule has 0 unspecified atom stereocenters. The predicted molar refractivity (Wildman–Crippen MR) is 83.0 cm³/mol. The summed E-state index contributed by atoms with van der Waals surface area (Å²) in [4.78, 5) is 21.6. The number of nitrogens with zero attached hydrogens (tertiary/aromatic N) is 3. The van der Waals surface area contributed by atoms with Crippen molar-refractivity contribution < 1.29 is 18.0 Å². The van der Waals surface area contributed by atoms with Crippen LogP contribution in [-0.4, -0.2) is 54.3 Å². The van der Waals surface area contributed by atoms with E-state index in [1.54, 1.807) is 18.5 Å². The summed E-state index contributed by atoms with van der Waals surface area (Å²) in [5.74, 6) is -0.302. The smallest absolute Gasteiger partial charge is 0.269 e. The first kappa shape index (κ1) is 15.9. The quantitative estimate of drug-likeness (QED) is 0.825. The first-order valence-corrected chi connectivity index (χ1v) is 9.10. The van der Waals surface area contributed by atoms with Gasteiger partial charge in [0.1, 0.15) is 5.71 Å². The molecule has 1 spiro atoms. The number of hydrogen-bond acceptors (Lipinski definition) is 6. The molecule has 1 amide bonds. The zero-order chi connectivity index (χ0) is 16.5. The third kappa shape index (κ3) is 3.50. The summed E-state index contributed by atoms with van der Waals surface area (Å²) in [5, 5.41) is 6.63. The Labute approximate surface area is 134 Å². The lowest BCUT2D eigenvalue weighted by Crippen LogP contribution is -2.38. The van der Waals surface area contributed by atoms with Crippen molar-refractivity contribution in [3.63, 3.8) is 0 Å². The molecule has 0 saturated carbocycles. The molecule has 8 nitrogen and oxygen atoms in total. The molecule has 3 rings (SSSR count). The van der Waals surface area contributed by atoms with Crippen LogP contribution in [0.25, 0.3) is 0 Å². The van der Waals surface area contributed by atoms with Crippen LogP contribution in [0.2, 0.25) is 0 Å². The molecular weight excluding hydrogens is 320 g/mol. The van der Waals surface area contributed by atoms with Gasteiger partial charge in [0.15, 0.2) is 5.60 Å². The van der Waals surface area contributed by atoms with Gasteiger partial charge in [0.05, 0.1) is 12.8 Å². The third-order valence-corrected chi connectivity index (χ3v) is 5.28. The Morgan fingerprint density at radius 2 is 2.35 bits per heavy atom. The van der Waals surface area contributed by atoms with Crippen molar-refractivity contribution in [3.8, 4) is 0 Å². The second kappa shape index (κ2) is 5.89. The van der Waals surface area contributed by atoms with E-state index in [-0.39, 0.29) is 12.5 Å². The number of aromatic nitrogens is 1. The summed E-state index contributed by atoms with van der Waals surface area (Å²) >= 11 is 0. The molecular formula is C14H18N4O4S. The van der Waals surface area contributed by atoms with Crippen LogP contribution in [0.1, 0.15) is 18.4 Å². The van der Waals surface area contributed by atoms with Gasteiger partial charge in [-0.15, -0.1) is 0 Å². The molecule has 1 aromatic heterocycles. The molecule has 1 atom stereocenters. The van der Waals surface area contributed by atoms with E-state index in [1.165, 1.54) is 10.6 Å². The largest absolute Gasteiger partial charge is 0.387 e. The highest BCUT2D eigenvalue weighted by atomic mass is 32.2. The third-order valence-electron chi connectivity index (χ3n) is 4.03. The molecule has 1 aromatic rings. The Balaban J connectivity index is 1.56. The van der Waals surface area contributed by atoms with E-state index in [4.69, 9.17) is 4.84 Å². The van der Waals surface area contributed by atoms with E-state index >= 15 is 0 Å². The van der Waals surface area contributed by atoms with Crippen LogP contribution in [-0.2, 0) is 26.2 Å². The van der Waals surface area contributed by atoms with Crippen molar-refractivity contribution >= 4 is 21.6 Å². The minimum atomic E-state index is -3.26. The SMILES string of the molecule is CS(=O)(=O)N1CC[C@@]2(CC(C(=O)NCc3cccnc3)=NO2)C1. The van der Waals surface area contributed by atoms with Gasteiger partial charge in [-0.05, 0) is 11.6 Å². The van der Waals surface area contributed by atoms with Crippen LogP contribution < -0.4 is 5.32 Å². The lowest BCUT2D eigenvalue weighted by Gasteiger charge is -2.20. The molecule has 124 valence electrons. The average Bonchev–Trinajstić information content (AvgIpc) is 3.13. The fraction of sp³-hybridized carbons (Fsp3) is 0.500. The van der Waals surface area contributed by atoms with Gasteiger partial charge in [-0.1, -0.05) is 11.2 Å². The summed E-state index contributed by atoms with van der Waals surface area (Å²) in [6, 6.07) is 3.66. The van der Waals surface area contributed by atoms with E-state index in [1.807, 2.05) is 6.07 Å². The van der Waals surface area contributed by atoms with Crippen molar-refractivity contribution in [3.05, 3.63) is 30.1 Å². The summed E-state index contributed by atoms with van der Waals surface area (Å²) in [5.41, 5.74) is 0.479. The van der Waals surface area contributed by atoms with E-state index < -0.39 is 15.6 Å². The highest BCUT2D eigenvalue weighted by Gasteiger charge is 2.48. The molecule has 2 aliphatic rings. The highest BCUT2D eigenvalue weighted by molar-refractivity contribution is 7.88. The Kier molecular flexibility index (Phi) is 4.07.